The zero-order chi connectivity index (χ0) is 20.1. The zero-order valence-electron chi connectivity index (χ0n) is 15.0. The molecule has 2 unspecified atom stereocenters. The summed E-state index contributed by atoms with van der Waals surface area (Å²) in [6.07, 6.45) is 0. The van der Waals surface area contributed by atoms with Crippen molar-refractivity contribution in [2.75, 3.05) is 13.7 Å². The van der Waals surface area contributed by atoms with Crippen molar-refractivity contribution >= 4 is 29.2 Å². The fourth-order valence-electron chi connectivity index (χ4n) is 3.11. The Morgan fingerprint density at radius 2 is 2.11 bits per heavy atom. The second-order valence-corrected chi connectivity index (χ2v) is 6.00. The average molecular weight is 395 g/mol. The SMILES string of the molecule is CCOC(=O)C1/C(=C/Cl)NC(C)=C(C(=O)OC)C1c1cccc([N+](=O)[O-])c1. The van der Waals surface area contributed by atoms with Crippen LogP contribution in [0.3, 0.4) is 0 Å². The fraction of sp³-hybridized carbons (Fsp3) is 0.333. The van der Waals surface area contributed by atoms with Gasteiger partial charge in [-0.25, -0.2) is 4.79 Å². The first-order chi connectivity index (χ1) is 12.8. The molecule has 0 bridgehead atoms. The van der Waals surface area contributed by atoms with Gasteiger partial charge in [-0.2, -0.15) is 0 Å². The maximum absolute atomic E-state index is 12.7. The maximum Gasteiger partial charge on any atom is 0.336 e. The predicted molar refractivity (Wildman–Crippen MR) is 97.7 cm³/mol. The van der Waals surface area contributed by atoms with Crippen LogP contribution in [0.25, 0.3) is 0 Å². The van der Waals surface area contributed by atoms with Crippen molar-refractivity contribution in [3.8, 4) is 0 Å². The number of rotatable bonds is 5. The quantitative estimate of drug-likeness (QED) is 0.464. The van der Waals surface area contributed by atoms with Gasteiger partial charge in [0.05, 0.1) is 24.2 Å². The number of esters is 2. The standard InChI is InChI=1S/C18H19ClN2O6/c1-4-27-18(23)16-13(9-19)20-10(2)14(17(22)26-3)15(16)11-6-5-7-12(8-11)21(24)25/h5-9,15-16,20H,4H2,1-3H3/b13-9-. The van der Waals surface area contributed by atoms with Crippen molar-refractivity contribution in [3.63, 3.8) is 0 Å². The Balaban J connectivity index is 2.73. The molecule has 1 aromatic carbocycles. The first kappa shape index (κ1) is 20.4. The lowest BCUT2D eigenvalue weighted by Crippen LogP contribution is -2.40. The van der Waals surface area contributed by atoms with Gasteiger partial charge in [0.15, 0.2) is 0 Å². The number of benzene rings is 1. The van der Waals surface area contributed by atoms with E-state index in [1.165, 1.54) is 30.8 Å². The Hall–Kier alpha value is -2.87. The predicted octanol–water partition coefficient (Wildman–Crippen LogP) is 2.99. The van der Waals surface area contributed by atoms with Gasteiger partial charge in [-0.15, -0.1) is 0 Å². The summed E-state index contributed by atoms with van der Waals surface area (Å²) in [4.78, 5) is 35.7. The number of nitrogens with one attached hydrogen (secondary N) is 1. The van der Waals surface area contributed by atoms with E-state index in [0.717, 1.165) is 0 Å². The molecule has 0 aliphatic carbocycles. The van der Waals surface area contributed by atoms with Crippen LogP contribution in [0.15, 0.2) is 46.8 Å². The van der Waals surface area contributed by atoms with Crippen LogP contribution in [-0.4, -0.2) is 30.6 Å². The Labute approximate surface area is 160 Å². The molecule has 1 aliphatic rings. The molecule has 1 aromatic rings. The van der Waals surface area contributed by atoms with Crippen LogP contribution >= 0.6 is 11.6 Å². The van der Waals surface area contributed by atoms with E-state index in [1.807, 2.05) is 0 Å². The molecule has 1 N–H and O–H groups in total. The van der Waals surface area contributed by atoms with Crippen LogP contribution in [-0.2, 0) is 19.1 Å². The van der Waals surface area contributed by atoms with Gasteiger partial charge in [-0.05, 0) is 19.4 Å². The molecule has 0 fully saturated rings. The largest absolute Gasteiger partial charge is 0.466 e. The van der Waals surface area contributed by atoms with Gasteiger partial charge in [-0.3, -0.25) is 14.9 Å². The number of nitrogens with zero attached hydrogens (tertiary/aromatic N) is 1. The lowest BCUT2D eigenvalue weighted by atomic mass is 9.75. The van der Waals surface area contributed by atoms with Gasteiger partial charge in [0, 0.05) is 35.0 Å². The number of carbonyl (C=O) groups excluding carboxylic acids is 2. The molecule has 0 amide bonds. The fourth-order valence-corrected chi connectivity index (χ4v) is 3.30. The first-order valence-electron chi connectivity index (χ1n) is 8.13. The number of methoxy groups -OCH3 is 1. The number of hydrogen-bond acceptors (Lipinski definition) is 7. The number of nitro groups is 1. The average Bonchev–Trinajstić information content (AvgIpc) is 2.66. The van der Waals surface area contributed by atoms with Gasteiger partial charge < -0.3 is 14.8 Å². The van der Waals surface area contributed by atoms with Crippen LogP contribution in [0, 0.1) is 16.0 Å². The van der Waals surface area contributed by atoms with E-state index in [9.17, 15) is 19.7 Å². The molecule has 1 heterocycles. The lowest BCUT2D eigenvalue weighted by molar-refractivity contribution is -0.384. The van der Waals surface area contributed by atoms with Crippen molar-refractivity contribution in [2.45, 2.75) is 19.8 Å². The van der Waals surface area contributed by atoms with E-state index >= 15 is 0 Å². The van der Waals surface area contributed by atoms with Crippen molar-refractivity contribution < 1.29 is 24.0 Å². The van der Waals surface area contributed by atoms with Crippen molar-refractivity contribution in [1.29, 1.82) is 0 Å². The molecule has 0 saturated carbocycles. The van der Waals surface area contributed by atoms with Gasteiger partial charge in [0.25, 0.3) is 5.69 Å². The van der Waals surface area contributed by atoms with E-state index in [-0.39, 0.29) is 17.9 Å². The van der Waals surface area contributed by atoms with Crippen molar-refractivity contribution in [1.82, 2.24) is 5.32 Å². The summed E-state index contributed by atoms with van der Waals surface area (Å²) < 4.78 is 10.0. The maximum atomic E-state index is 12.7. The molecule has 144 valence electrons. The minimum Gasteiger partial charge on any atom is -0.466 e. The molecule has 0 saturated heterocycles. The number of non-ortho nitro benzene ring substituents is 1. The summed E-state index contributed by atoms with van der Waals surface area (Å²) >= 11 is 5.90. The molecule has 1 aliphatic heterocycles. The second-order valence-electron chi connectivity index (χ2n) is 5.78. The number of nitro benzene ring substituents is 1. The zero-order valence-corrected chi connectivity index (χ0v) is 15.8. The van der Waals surface area contributed by atoms with Crippen LogP contribution in [0.1, 0.15) is 25.3 Å². The van der Waals surface area contributed by atoms with Crippen molar-refractivity contribution in [2.24, 2.45) is 5.92 Å². The summed E-state index contributed by atoms with van der Waals surface area (Å²) in [5.74, 6) is -3.10. The molecule has 0 radical (unpaired) electrons. The molecule has 9 heteroatoms. The van der Waals surface area contributed by atoms with Gasteiger partial charge in [-0.1, -0.05) is 23.7 Å². The molecule has 0 aromatic heterocycles. The Morgan fingerprint density at radius 3 is 2.67 bits per heavy atom. The van der Waals surface area contributed by atoms with Crippen LogP contribution < -0.4 is 5.32 Å². The molecule has 2 rings (SSSR count). The normalized spacial score (nSPS) is 20.8. The van der Waals surface area contributed by atoms with Crippen LogP contribution in [0.4, 0.5) is 5.69 Å². The monoisotopic (exact) mass is 394 g/mol. The van der Waals surface area contributed by atoms with E-state index < -0.39 is 28.7 Å². The van der Waals surface area contributed by atoms with Gasteiger partial charge in [0.1, 0.15) is 5.92 Å². The highest BCUT2D eigenvalue weighted by Crippen LogP contribution is 2.42. The Morgan fingerprint density at radius 1 is 1.41 bits per heavy atom. The van der Waals surface area contributed by atoms with Crippen LogP contribution in [0.2, 0.25) is 0 Å². The minimum atomic E-state index is -0.984. The van der Waals surface area contributed by atoms with Gasteiger partial charge >= 0.3 is 11.9 Å². The molecule has 8 nitrogen and oxygen atoms in total. The number of carbonyl (C=O) groups is 2. The summed E-state index contributed by atoms with van der Waals surface area (Å²) in [6, 6.07) is 5.75. The first-order valence-corrected chi connectivity index (χ1v) is 8.56. The highest BCUT2D eigenvalue weighted by atomic mass is 35.5. The smallest absolute Gasteiger partial charge is 0.336 e. The van der Waals surface area contributed by atoms with Crippen molar-refractivity contribution in [3.05, 3.63) is 62.4 Å². The summed E-state index contributed by atoms with van der Waals surface area (Å²) in [5, 5.41) is 14.1. The third-order valence-corrected chi connectivity index (χ3v) is 4.45. The molecule has 27 heavy (non-hydrogen) atoms. The second kappa shape index (κ2) is 8.68. The number of allylic oxidation sites excluding steroid dienone is 1. The number of ether oxygens (including phenoxy) is 2. The summed E-state index contributed by atoms with van der Waals surface area (Å²) in [7, 11) is 1.22. The molecule has 0 spiro atoms. The highest BCUT2D eigenvalue weighted by Gasteiger charge is 2.43. The molecule has 2 atom stereocenters. The Kier molecular flexibility index (Phi) is 6.57. The number of hydrogen-bond donors (Lipinski definition) is 1. The topological polar surface area (TPSA) is 108 Å². The highest BCUT2D eigenvalue weighted by molar-refractivity contribution is 6.26. The van der Waals surface area contributed by atoms with E-state index in [4.69, 9.17) is 21.1 Å². The Bertz CT molecular complexity index is 833. The molecular weight excluding hydrogens is 376 g/mol. The van der Waals surface area contributed by atoms with Gasteiger partial charge in [0.2, 0.25) is 0 Å². The lowest BCUT2D eigenvalue weighted by Gasteiger charge is -2.35. The van der Waals surface area contributed by atoms with Crippen LogP contribution in [0.5, 0.6) is 0 Å². The third-order valence-electron chi connectivity index (χ3n) is 4.22. The minimum absolute atomic E-state index is 0.128. The summed E-state index contributed by atoms with van der Waals surface area (Å²) in [5.41, 5.74) is 2.39. The molecular formula is C18H19ClN2O6. The summed E-state index contributed by atoms with van der Waals surface area (Å²) in [6.45, 7) is 3.42. The van der Waals surface area contributed by atoms with E-state index in [2.05, 4.69) is 5.32 Å². The third kappa shape index (κ3) is 4.11. The van der Waals surface area contributed by atoms with E-state index in [0.29, 0.717) is 17.0 Å². The van der Waals surface area contributed by atoms with E-state index in [1.54, 1.807) is 19.9 Å². The number of halogens is 1.